The average molecular weight is 366 g/mol. The van der Waals surface area contributed by atoms with Crippen molar-refractivity contribution in [2.75, 3.05) is 6.61 Å². The molecule has 1 fully saturated rings. The lowest BCUT2D eigenvalue weighted by atomic mass is 9.90. The highest BCUT2D eigenvalue weighted by molar-refractivity contribution is 6.07. The monoisotopic (exact) mass is 366 g/mol. The van der Waals surface area contributed by atoms with Gasteiger partial charge >= 0.3 is 0 Å². The fraction of sp³-hybridized carbons (Fsp3) is 0.348. The summed E-state index contributed by atoms with van der Waals surface area (Å²) in [5.41, 5.74) is 1.81. The number of carbonyl (C=O) groups excluding carboxylic acids is 1. The molecule has 1 aliphatic rings. The number of ether oxygens (including phenoxy) is 1. The molecule has 3 rings (SSSR count). The molecule has 1 aliphatic carbocycles. The van der Waals surface area contributed by atoms with Crippen LogP contribution >= 0.6 is 0 Å². The molecule has 4 nitrogen and oxygen atoms in total. The van der Waals surface area contributed by atoms with Crippen LogP contribution in [0.1, 0.15) is 53.6 Å². The minimum absolute atomic E-state index is 0.0517. The van der Waals surface area contributed by atoms with Crippen LogP contribution in [0.2, 0.25) is 0 Å². The highest BCUT2D eigenvalue weighted by Crippen LogP contribution is 2.31. The number of aliphatic hydroxyl groups excluding tert-OH is 1. The lowest BCUT2D eigenvalue weighted by Crippen LogP contribution is -2.15. The first-order valence-electron chi connectivity index (χ1n) is 9.54. The molecule has 0 saturated heterocycles. The van der Waals surface area contributed by atoms with Crippen LogP contribution in [-0.4, -0.2) is 22.6 Å². The fourth-order valence-corrected chi connectivity index (χ4v) is 3.42. The lowest BCUT2D eigenvalue weighted by Gasteiger charge is -2.22. The molecule has 2 aromatic rings. The third-order valence-corrected chi connectivity index (χ3v) is 5.06. The Kier molecular flexibility index (Phi) is 6.66. The van der Waals surface area contributed by atoms with Gasteiger partial charge in [0.05, 0.1) is 18.8 Å². The summed E-state index contributed by atoms with van der Waals surface area (Å²) in [5.74, 6) is 1.08. The Balaban J connectivity index is 1.70. The van der Waals surface area contributed by atoms with Gasteiger partial charge in [-0.25, -0.2) is 0 Å². The zero-order valence-corrected chi connectivity index (χ0v) is 15.4. The zero-order chi connectivity index (χ0) is 19.1. The van der Waals surface area contributed by atoms with Crippen molar-refractivity contribution in [3.63, 3.8) is 0 Å². The second-order valence-corrected chi connectivity index (χ2v) is 7.06. The Morgan fingerprint density at radius 3 is 2.52 bits per heavy atom. The first kappa shape index (κ1) is 19.2. The predicted octanol–water partition coefficient (Wildman–Crippen LogP) is 4.74. The second-order valence-electron chi connectivity index (χ2n) is 7.06. The van der Waals surface area contributed by atoms with Crippen LogP contribution in [0.15, 0.2) is 48.5 Å². The Labute approximate surface area is 160 Å². The minimum atomic E-state index is -0.166. The summed E-state index contributed by atoms with van der Waals surface area (Å²) < 4.78 is 5.98. The first-order valence-corrected chi connectivity index (χ1v) is 9.54. The molecule has 1 saturated carbocycles. The molecule has 2 N–H and O–H groups in total. The van der Waals surface area contributed by atoms with E-state index in [1.165, 1.54) is 38.2 Å². The van der Waals surface area contributed by atoms with Crippen LogP contribution < -0.4 is 4.74 Å². The molecule has 0 unspecified atom stereocenters. The highest BCUT2D eigenvalue weighted by Gasteiger charge is 2.15. The van der Waals surface area contributed by atoms with Crippen LogP contribution in [0.3, 0.4) is 0 Å². The number of benzene rings is 2. The molecule has 0 bridgehead atoms. The van der Waals surface area contributed by atoms with Gasteiger partial charge < -0.3 is 14.9 Å². The number of allylic oxidation sites excluding steroid dienone is 1. The second kappa shape index (κ2) is 9.38. The fourth-order valence-electron chi connectivity index (χ4n) is 3.42. The number of hydrogen-bond donors (Lipinski definition) is 2. The summed E-state index contributed by atoms with van der Waals surface area (Å²) >= 11 is 0. The maximum Gasteiger partial charge on any atom is 0.185 e. The summed E-state index contributed by atoms with van der Waals surface area (Å²) in [6, 6.07) is 12.0. The first-order chi connectivity index (χ1) is 13.2. The molecule has 0 atom stereocenters. The summed E-state index contributed by atoms with van der Waals surface area (Å²) in [7, 11) is 0. The van der Waals surface area contributed by atoms with E-state index in [9.17, 15) is 9.90 Å². The lowest BCUT2D eigenvalue weighted by molar-refractivity contribution is 0.104. The van der Waals surface area contributed by atoms with E-state index in [4.69, 9.17) is 9.84 Å². The summed E-state index contributed by atoms with van der Waals surface area (Å²) in [6.07, 6.45) is 9.23. The van der Waals surface area contributed by atoms with Crippen molar-refractivity contribution in [2.45, 2.75) is 38.7 Å². The van der Waals surface area contributed by atoms with Gasteiger partial charge in [0.15, 0.2) is 5.78 Å². The van der Waals surface area contributed by atoms with Gasteiger partial charge in [0, 0.05) is 5.56 Å². The number of rotatable bonds is 7. The van der Waals surface area contributed by atoms with Crippen LogP contribution in [0.5, 0.6) is 11.5 Å². The van der Waals surface area contributed by atoms with Gasteiger partial charge in [-0.2, -0.15) is 0 Å². The minimum Gasteiger partial charge on any atom is -0.507 e. The summed E-state index contributed by atoms with van der Waals surface area (Å²) in [6.45, 7) is 0.588. The molecule has 142 valence electrons. The van der Waals surface area contributed by atoms with Crippen molar-refractivity contribution in [3.05, 3.63) is 65.2 Å². The van der Waals surface area contributed by atoms with Gasteiger partial charge in [-0.15, -0.1) is 0 Å². The Morgan fingerprint density at radius 1 is 1.07 bits per heavy atom. The quantitative estimate of drug-likeness (QED) is 0.549. The smallest absolute Gasteiger partial charge is 0.185 e. The van der Waals surface area contributed by atoms with E-state index in [0.717, 1.165) is 5.56 Å². The maximum absolute atomic E-state index is 12.4. The third-order valence-electron chi connectivity index (χ3n) is 5.06. The molecule has 27 heavy (non-hydrogen) atoms. The number of carbonyl (C=O) groups is 1. The maximum atomic E-state index is 12.4. The predicted molar refractivity (Wildman–Crippen MR) is 106 cm³/mol. The van der Waals surface area contributed by atoms with Crippen molar-refractivity contribution >= 4 is 11.9 Å². The number of aliphatic hydroxyl groups is 1. The van der Waals surface area contributed by atoms with Gasteiger partial charge in [-0.05, 0) is 48.6 Å². The molecule has 0 aromatic heterocycles. The van der Waals surface area contributed by atoms with Crippen molar-refractivity contribution in [2.24, 2.45) is 5.92 Å². The summed E-state index contributed by atoms with van der Waals surface area (Å²) in [5, 5.41) is 19.3. The highest BCUT2D eigenvalue weighted by atomic mass is 16.5. The topological polar surface area (TPSA) is 66.8 Å². The van der Waals surface area contributed by atoms with Crippen LogP contribution in [0.4, 0.5) is 0 Å². The van der Waals surface area contributed by atoms with E-state index in [1.807, 2.05) is 6.07 Å². The number of aromatic hydroxyl groups is 1. The number of ketones is 1. The van der Waals surface area contributed by atoms with E-state index in [1.54, 1.807) is 42.5 Å². The van der Waals surface area contributed by atoms with E-state index in [2.05, 4.69) is 0 Å². The number of phenolic OH excluding ortho intramolecular Hbond substituents is 1. The van der Waals surface area contributed by atoms with E-state index < -0.39 is 0 Å². The number of hydrogen-bond acceptors (Lipinski definition) is 4. The standard InChI is InChI=1S/C23H26O4/c24-15-17-9-11-19(12-10-17)21(25)14-13-20-22(26)7-4-8-23(20)27-16-18-5-2-1-3-6-18/h4,7-14,18,24,26H,1-3,5-6,15-16H2/b14-13+. The largest absolute Gasteiger partial charge is 0.507 e. The van der Waals surface area contributed by atoms with Crippen molar-refractivity contribution in [1.29, 1.82) is 0 Å². The normalized spacial score (nSPS) is 15.1. The third kappa shape index (κ3) is 5.20. The molecular weight excluding hydrogens is 340 g/mol. The number of phenols is 1. The molecule has 4 heteroatoms. The molecule has 0 heterocycles. The molecule has 0 radical (unpaired) electrons. The van der Waals surface area contributed by atoms with Crippen LogP contribution in [-0.2, 0) is 6.61 Å². The van der Waals surface area contributed by atoms with Gasteiger partial charge in [-0.1, -0.05) is 49.6 Å². The van der Waals surface area contributed by atoms with Crippen molar-refractivity contribution < 1.29 is 19.7 Å². The molecule has 2 aromatic carbocycles. The Hall–Kier alpha value is -2.59. The van der Waals surface area contributed by atoms with Crippen molar-refractivity contribution in [3.8, 4) is 11.5 Å². The van der Waals surface area contributed by atoms with Crippen LogP contribution in [0, 0.1) is 5.92 Å². The molecule has 0 aliphatic heterocycles. The SMILES string of the molecule is O=C(/C=C/c1c(O)cccc1OCC1CCCCC1)c1ccc(CO)cc1. The van der Waals surface area contributed by atoms with Crippen molar-refractivity contribution in [1.82, 2.24) is 0 Å². The van der Waals surface area contributed by atoms with E-state index in [0.29, 0.717) is 29.4 Å². The molecule has 0 amide bonds. The van der Waals surface area contributed by atoms with E-state index >= 15 is 0 Å². The Morgan fingerprint density at radius 2 is 1.81 bits per heavy atom. The van der Waals surface area contributed by atoms with Gasteiger partial charge in [0.2, 0.25) is 0 Å². The van der Waals surface area contributed by atoms with Gasteiger partial charge in [0.1, 0.15) is 11.5 Å². The van der Waals surface area contributed by atoms with E-state index in [-0.39, 0.29) is 18.1 Å². The van der Waals surface area contributed by atoms with Gasteiger partial charge in [0.25, 0.3) is 0 Å². The van der Waals surface area contributed by atoms with Gasteiger partial charge in [-0.3, -0.25) is 4.79 Å². The molecular formula is C23H26O4. The Bertz CT molecular complexity index is 787. The average Bonchev–Trinajstić information content (AvgIpc) is 2.72. The zero-order valence-electron chi connectivity index (χ0n) is 15.4. The van der Waals surface area contributed by atoms with Crippen LogP contribution in [0.25, 0.3) is 6.08 Å². The molecule has 0 spiro atoms. The summed E-state index contributed by atoms with van der Waals surface area (Å²) in [4.78, 5) is 12.4.